The van der Waals surface area contributed by atoms with Crippen molar-refractivity contribution in [3.63, 3.8) is 0 Å². The molecule has 17 heavy (non-hydrogen) atoms. The van der Waals surface area contributed by atoms with Crippen molar-refractivity contribution in [2.45, 2.75) is 46.8 Å². The third-order valence-electron chi connectivity index (χ3n) is 3.03. The Morgan fingerprint density at radius 2 is 1.82 bits per heavy atom. The van der Waals surface area contributed by atoms with Crippen LogP contribution in [0.3, 0.4) is 0 Å². The first-order valence-electron chi connectivity index (χ1n) is 6.43. The first-order valence-corrected chi connectivity index (χ1v) is 6.43. The Kier molecular flexibility index (Phi) is 5.66. The Balaban J connectivity index is 2.41. The molecule has 0 amide bonds. The largest absolute Gasteiger partial charge is 0.377 e. The van der Waals surface area contributed by atoms with Crippen LogP contribution in [0.25, 0.3) is 0 Å². The zero-order valence-corrected chi connectivity index (χ0v) is 11.7. The Morgan fingerprint density at radius 1 is 1.12 bits per heavy atom. The van der Waals surface area contributed by atoms with Crippen LogP contribution in [-0.4, -0.2) is 19.3 Å². The molecule has 0 aromatic heterocycles. The molecular weight excluding hydrogens is 210 g/mol. The molecule has 1 atom stereocenters. The third kappa shape index (κ3) is 4.88. The van der Waals surface area contributed by atoms with E-state index in [1.165, 1.54) is 16.7 Å². The molecule has 0 radical (unpaired) electrons. The van der Waals surface area contributed by atoms with Gasteiger partial charge in [-0.1, -0.05) is 18.2 Å². The van der Waals surface area contributed by atoms with Gasteiger partial charge in [0.15, 0.2) is 0 Å². The van der Waals surface area contributed by atoms with Crippen molar-refractivity contribution >= 4 is 0 Å². The smallest absolute Gasteiger partial charge is 0.0594 e. The highest BCUT2D eigenvalue weighted by molar-refractivity contribution is 5.31. The maximum absolute atomic E-state index is 5.51. The first kappa shape index (κ1) is 14.2. The van der Waals surface area contributed by atoms with E-state index in [1.807, 2.05) is 0 Å². The van der Waals surface area contributed by atoms with Crippen molar-refractivity contribution < 1.29 is 4.74 Å². The van der Waals surface area contributed by atoms with Gasteiger partial charge in [-0.05, 0) is 51.3 Å². The van der Waals surface area contributed by atoms with E-state index in [4.69, 9.17) is 4.74 Å². The van der Waals surface area contributed by atoms with E-state index in [1.54, 1.807) is 0 Å². The summed E-state index contributed by atoms with van der Waals surface area (Å²) in [5.41, 5.74) is 4.05. The van der Waals surface area contributed by atoms with E-state index in [9.17, 15) is 0 Å². The van der Waals surface area contributed by atoms with Gasteiger partial charge in [0, 0.05) is 12.6 Å². The monoisotopic (exact) mass is 235 g/mol. The fourth-order valence-electron chi connectivity index (χ4n) is 1.72. The molecule has 2 nitrogen and oxygen atoms in total. The van der Waals surface area contributed by atoms with Gasteiger partial charge in [-0.2, -0.15) is 0 Å². The molecule has 0 bridgehead atoms. The van der Waals surface area contributed by atoms with E-state index in [0.717, 1.165) is 13.2 Å². The molecule has 1 rings (SSSR count). The minimum Gasteiger partial charge on any atom is -0.377 e. The van der Waals surface area contributed by atoms with Crippen molar-refractivity contribution in [3.8, 4) is 0 Å². The van der Waals surface area contributed by atoms with Crippen molar-refractivity contribution in [2.75, 3.05) is 13.2 Å². The molecule has 0 fully saturated rings. The van der Waals surface area contributed by atoms with Gasteiger partial charge in [-0.3, -0.25) is 0 Å². The highest BCUT2D eigenvalue weighted by atomic mass is 16.5. The minimum absolute atomic E-state index is 0.314. The van der Waals surface area contributed by atoms with Gasteiger partial charge in [-0.25, -0.2) is 0 Å². The summed E-state index contributed by atoms with van der Waals surface area (Å²) in [6, 6.07) is 7.03. The minimum atomic E-state index is 0.314. The van der Waals surface area contributed by atoms with Crippen LogP contribution >= 0.6 is 0 Å². The lowest BCUT2D eigenvalue weighted by atomic mass is 10.0. The van der Waals surface area contributed by atoms with Crippen LogP contribution in [0.15, 0.2) is 18.2 Å². The van der Waals surface area contributed by atoms with Gasteiger partial charge in [0.2, 0.25) is 0 Å². The molecule has 96 valence electrons. The van der Waals surface area contributed by atoms with E-state index < -0.39 is 0 Å². The fraction of sp³-hybridized carbons (Fsp3) is 0.600. The summed E-state index contributed by atoms with van der Waals surface area (Å²) < 4.78 is 5.51. The Bertz CT molecular complexity index is 347. The first-order chi connectivity index (χ1) is 8.00. The summed E-state index contributed by atoms with van der Waals surface area (Å²) in [6.45, 7) is 12.3. The molecule has 0 aliphatic heterocycles. The Morgan fingerprint density at radius 3 is 2.41 bits per heavy atom. The second-order valence-electron chi connectivity index (χ2n) is 4.94. The normalized spacial score (nSPS) is 13.1. The van der Waals surface area contributed by atoms with Crippen LogP contribution in [0.5, 0.6) is 0 Å². The lowest BCUT2D eigenvalue weighted by molar-refractivity contribution is 0.0796. The number of rotatable bonds is 6. The molecule has 1 unspecified atom stereocenters. The van der Waals surface area contributed by atoms with Crippen molar-refractivity contribution in [1.82, 2.24) is 5.32 Å². The summed E-state index contributed by atoms with van der Waals surface area (Å²) in [6.07, 6.45) is 0.314. The molecule has 1 aromatic carbocycles. The Labute approximate surface area is 105 Å². The number of hydrogen-bond donors (Lipinski definition) is 1. The SMILES string of the molecule is Cc1ccc(C(C)NCCOC(C)C)cc1C. The summed E-state index contributed by atoms with van der Waals surface area (Å²) in [5, 5.41) is 3.48. The topological polar surface area (TPSA) is 21.3 Å². The van der Waals surface area contributed by atoms with E-state index in [2.05, 4.69) is 58.1 Å². The molecule has 2 heteroatoms. The zero-order chi connectivity index (χ0) is 12.8. The predicted octanol–water partition coefficient (Wildman–Crippen LogP) is 3.38. The summed E-state index contributed by atoms with van der Waals surface area (Å²) in [7, 11) is 0. The number of benzene rings is 1. The van der Waals surface area contributed by atoms with Crippen molar-refractivity contribution in [2.24, 2.45) is 0 Å². The molecule has 0 aliphatic rings. The zero-order valence-electron chi connectivity index (χ0n) is 11.7. The highest BCUT2D eigenvalue weighted by Gasteiger charge is 2.05. The lowest BCUT2D eigenvalue weighted by Crippen LogP contribution is -2.24. The molecule has 0 saturated carbocycles. The van der Waals surface area contributed by atoms with Crippen LogP contribution in [-0.2, 0) is 4.74 Å². The molecule has 0 spiro atoms. The van der Waals surface area contributed by atoms with Crippen LogP contribution in [0.4, 0.5) is 0 Å². The summed E-state index contributed by atoms with van der Waals surface area (Å²) >= 11 is 0. The number of nitrogens with one attached hydrogen (secondary N) is 1. The average molecular weight is 235 g/mol. The summed E-state index contributed by atoms with van der Waals surface area (Å²) in [4.78, 5) is 0. The quantitative estimate of drug-likeness (QED) is 0.763. The maximum atomic E-state index is 5.51. The van der Waals surface area contributed by atoms with E-state index in [-0.39, 0.29) is 0 Å². The third-order valence-corrected chi connectivity index (χ3v) is 3.03. The summed E-state index contributed by atoms with van der Waals surface area (Å²) in [5.74, 6) is 0. The predicted molar refractivity (Wildman–Crippen MR) is 73.4 cm³/mol. The van der Waals surface area contributed by atoms with E-state index in [0.29, 0.717) is 12.1 Å². The van der Waals surface area contributed by atoms with Gasteiger partial charge in [0.05, 0.1) is 12.7 Å². The van der Waals surface area contributed by atoms with Crippen LogP contribution < -0.4 is 5.32 Å². The van der Waals surface area contributed by atoms with Gasteiger partial charge in [0.25, 0.3) is 0 Å². The maximum Gasteiger partial charge on any atom is 0.0594 e. The molecule has 0 saturated heterocycles. The lowest BCUT2D eigenvalue weighted by Gasteiger charge is -2.16. The molecular formula is C15H25NO. The van der Waals surface area contributed by atoms with Gasteiger partial charge >= 0.3 is 0 Å². The second kappa shape index (κ2) is 6.77. The fourth-order valence-corrected chi connectivity index (χ4v) is 1.72. The van der Waals surface area contributed by atoms with Gasteiger partial charge in [-0.15, -0.1) is 0 Å². The van der Waals surface area contributed by atoms with Crippen molar-refractivity contribution in [3.05, 3.63) is 34.9 Å². The molecule has 1 N–H and O–H groups in total. The highest BCUT2D eigenvalue weighted by Crippen LogP contribution is 2.16. The molecule has 0 heterocycles. The van der Waals surface area contributed by atoms with E-state index >= 15 is 0 Å². The second-order valence-corrected chi connectivity index (χ2v) is 4.94. The Hall–Kier alpha value is -0.860. The molecule has 1 aromatic rings. The number of ether oxygens (including phenoxy) is 1. The van der Waals surface area contributed by atoms with Crippen LogP contribution in [0.2, 0.25) is 0 Å². The number of aryl methyl sites for hydroxylation is 2. The van der Waals surface area contributed by atoms with Gasteiger partial charge < -0.3 is 10.1 Å². The average Bonchev–Trinajstić information content (AvgIpc) is 2.27. The van der Waals surface area contributed by atoms with Crippen LogP contribution in [0, 0.1) is 13.8 Å². The number of hydrogen-bond acceptors (Lipinski definition) is 2. The van der Waals surface area contributed by atoms with Crippen LogP contribution in [0.1, 0.15) is 43.5 Å². The standard InChI is InChI=1S/C15H25NO/c1-11(2)17-9-8-16-14(5)15-7-6-12(3)13(4)10-15/h6-7,10-11,14,16H,8-9H2,1-5H3. The molecule has 0 aliphatic carbocycles. The van der Waals surface area contributed by atoms with Crippen molar-refractivity contribution in [1.29, 1.82) is 0 Å². The van der Waals surface area contributed by atoms with Gasteiger partial charge in [0.1, 0.15) is 0 Å².